The Balaban J connectivity index is 2.84. The lowest BCUT2D eigenvalue weighted by Gasteiger charge is -2.15. The van der Waals surface area contributed by atoms with Crippen LogP contribution in [0.2, 0.25) is 0 Å². The van der Waals surface area contributed by atoms with E-state index in [2.05, 4.69) is 11.9 Å². The van der Waals surface area contributed by atoms with Gasteiger partial charge in [-0.3, -0.25) is 0 Å². The highest BCUT2D eigenvalue weighted by Gasteiger charge is 2.34. The smallest absolute Gasteiger partial charge is 0.419 e. The average molecular weight is 301 g/mol. The predicted molar refractivity (Wildman–Crippen MR) is 78.4 cm³/mol. The van der Waals surface area contributed by atoms with Gasteiger partial charge in [-0.25, -0.2) is 0 Å². The SMILES string of the molecule is C=C(C)CCOc1ccc(CNCCC)cc1C(F)(F)F. The third-order valence-corrected chi connectivity index (χ3v) is 2.89. The van der Waals surface area contributed by atoms with Gasteiger partial charge in [0.15, 0.2) is 0 Å². The number of rotatable bonds is 8. The summed E-state index contributed by atoms with van der Waals surface area (Å²) >= 11 is 0. The van der Waals surface area contributed by atoms with Crippen molar-refractivity contribution in [1.29, 1.82) is 0 Å². The summed E-state index contributed by atoms with van der Waals surface area (Å²) in [5, 5.41) is 3.09. The van der Waals surface area contributed by atoms with E-state index in [4.69, 9.17) is 4.74 Å². The molecule has 0 aromatic heterocycles. The minimum absolute atomic E-state index is 0.122. The van der Waals surface area contributed by atoms with Crippen LogP contribution in [0, 0.1) is 0 Å². The number of nitrogens with one attached hydrogen (secondary N) is 1. The fourth-order valence-corrected chi connectivity index (χ4v) is 1.78. The maximum atomic E-state index is 13.1. The van der Waals surface area contributed by atoms with Gasteiger partial charge >= 0.3 is 6.18 Å². The van der Waals surface area contributed by atoms with Crippen LogP contribution < -0.4 is 10.1 Å². The van der Waals surface area contributed by atoms with E-state index in [1.165, 1.54) is 6.07 Å². The molecule has 0 heterocycles. The largest absolute Gasteiger partial charge is 0.493 e. The van der Waals surface area contributed by atoms with Gasteiger partial charge in [0.05, 0.1) is 12.2 Å². The van der Waals surface area contributed by atoms with Crippen LogP contribution in [0.5, 0.6) is 5.75 Å². The molecular formula is C16H22F3NO. The molecule has 0 amide bonds. The van der Waals surface area contributed by atoms with Gasteiger partial charge in [0.2, 0.25) is 0 Å². The van der Waals surface area contributed by atoms with Gasteiger partial charge in [0, 0.05) is 13.0 Å². The Bertz CT molecular complexity index is 469. The van der Waals surface area contributed by atoms with Crippen molar-refractivity contribution in [1.82, 2.24) is 5.32 Å². The molecule has 1 aromatic rings. The van der Waals surface area contributed by atoms with E-state index in [0.29, 0.717) is 18.5 Å². The lowest BCUT2D eigenvalue weighted by atomic mass is 10.1. The van der Waals surface area contributed by atoms with E-state index < -0.39 is 11.7 Å². The van der Waals surface area contributed by atoms with E-state index in [-0.39, 0.29) is 12.4 Å². The van der Waals surface area contributed by atoms with Crippen molar-refractivity contribution in [2.24, 2.45) is 0 Å². The molecule has 118 valence electrons. The van der Waals surface area contributed by atoms with Crippen molar-refractivity contribution in [2.75, 3.05) is 13.2 Å². The van der Waals surface area contributed by atoms with Crippen LogP contribution in [0.3, 0.4) is 0 Å². The minimum atomic E-state index is -4.42. The zero-order valence-electron chi connectivity index (χ0n) is 12.5. The normalized spacial score (nSPS) is 11.5. The summed E-state index contributed by atoms with van der Waals surface area (Å²) in [6.45, 7) is 8.92. The second kappa shape index (κ2) is 8.08. The number of halogens is 3. The quantitative estimate of drug-likeness (QED) is 0.562. The first kappa shape index (κ1) is 17.6. The summed E-state index contributed by atoms with van der Waals surface area (Å²) in [6, 6.07) is 4.21. The van der Waals surface area contributed by atoms with Crippen molar-refractivity contribution in [3.8, 4) is 5.75 Å². The molecule has 1 rings (SSSR count). The highest BCUT2D eigenvalue weighted by molar-refractivity contribution is 5.39. The molecular weight excluding hydrogens is 279 g/mol. The van der Waals surface area contributed by atoms with E-state index >= 15 is 0 Å². The summed E-state index contributed by atoms with van der Waals surface area (Å²) in [7, 11) is 0. The molecule has 0 aliphatic carbocycles. The molecule has 0 bridgehead atoms. The molecule has 0 aliphatic rings. The number of benzene rings is 1. The molecule has 21 heavy (non-hydrogen) atoms. The monoisotopic (exact) mass is 301 g/mol. The standard InChI is InChI=1S/C16H22F3NO/c1-4-8-20-11-13-5-6-15(21-9-7-12(2)3)14(10-13)16(17,18)19/h5-6,10,20H,2,4,7-9,11H2,1,3H3. The fraction of sp³-hybridized carbons (Fsp3) is 0.500. The molecule has 1 aromatic carbocycles. The van der Waals surface area contributed by atoms with E-state index in [9.17, 15) is 13.2 Å². The van der Waals surface area contributed by atoms with Crippen LogP contribution in [0.25, 0.3) is 0 Å². The molecule has 0 radical (unpaired) electrons. The highest BCUT2D eigenvalue weighted by atomic mass is 19.4. The van der Waals surface area contributed by atoms with Gasteiger partial charge in [0.25, 0.3) is 0 Å². The van der Waals surface area contributed by atoms with E-state index in [1.807, 2.05) is 13.8 Å². The molecule has 0 aliphatic heterocycles. The van der Waals surface area contributed by atoms with Crippen molar-refractivity contribution in [3.63, 3.8) is 0 Å². The van der Waals surface area contributed by atoms with Crippen molar-refractivity contribution in [3.05, 3.63) is 41.5 Å². The van der Waals surface area contributed by atoms with Gasteiger partial charge in [-0.05, 0) is 37.6 Å². The molecule has 0 atom stereocenters. The predicted octanol–water partition coefficient (Wildman–Crippen LogP) is 4.55. The maximum Gasteiger partial charge on any atom is 0.419 e. The summed E-state index contributed by atoms with van der Waals surface area (Å²) in [5.41, 5.74) is 0.756. The number of hydrogen-bond donors (Lipinski definition) is 1. The average Bonchev–Trinajstić information content (AvgIpc) is 2.38. The van der Waals surface area contributed by atoms with Crippen molar-refractivity contribution >= 4 is 0 Å². The second-order valence-electron chi connectivity index (χ2n) is 5.06. The van der Waals surface area contributed by atoms with E-state index in [0.717, 1.165) is 24.6 Å². The molecule has 0 fully saturated rings. The Morgan fingerprint density at radius 3 is 2.62 bits per heavy atom. The number of alkyl halides is 3. The maximum absolute atomic E-state index is 13.1. The van der Waals surface area contributed by atoms with Crippen LogP contribution in [0.15, 0.2) is 30.4 Å². The Morgan fingerprint density at radius 2 is 2.05 bits per heavy atom. The number of ether oxygens (including phenoxy) is 1. The van der Waals surface area contributed by atoms with Gasteiger partial charge in [-0.1, -0.05) is 18.6 Å². The zero-order valence-corrected chi connectivity index (χ0v) is 12.5. The lowest BCUT2D eigenvalue weighted by Crippen LogP contribution is -2.15. The van der Waals surface area contributed by atoms with Crippen LogP contribution in [-0.4, -0.2) is 13.2 Å². The van der Waals surface area contributed by atoms with E-state index in [1.54, 1.807) is 6.07 Å². The number of hydrogen-bond acceptors (Lipinski definition) is 2. The Kier molecular flexibility index (Phi) is 6.75. The highest BCUT2D eigenvalue weighted by Crippen LogP contribution is 2.37. The second-order valence-corrected chi connectivity index (χ2v) is 5.06. The van der Waals surface area contributed by atoms with Gasteiger partial charge in [-0.15, -0.1) is 6.58 Å². The van der Waals surface area contributed by atoms with Crippen molar-refractivity contribution < 1.29 is 17.9 Å². The Hall–Kier alpha value is -1.49. The first-order chi connectivity index (χ1) is 9.84. The first-order valence-electron chi connectivity index (χ1n) is 7.02. The van der Waals surface area contributed by atoms with Crippen molar-refractivity contribution in [2.45, 2.75) is 39.4 Å². The van der Waals surface area contributed by atoms with Crippen LogP contribution >= 0.6 is 0 Å². The zero-order chi connectivity index (χ0) is 15.9. The molecule has 5 heteroatoms. The summed E-state index contributed by atoms with van der Waals surface area (Å²) in [5.74, 6) is -0.122. The third-order valence-electron chi connectivity index (χ3n) is 2.89. The molecule has 0 spiro atoms. The summed E-state index contributed by atoms with van der Waals surface area (Å²) in [4.78, 5) is 0. The summed E-state index contributed by atoms with van der Waals surface area (Å²) < 4.78 is 44.5. The Morgan fingerprint density at radius 1 is 1.33 bits per heavy atom. The summed E-state index contributed by atoms with van der Waals surface area (Å²) in [6.07, 6.45) is -2.94. The van der Waals surface area contributed by atoms with Crippen LogP contribution in [0.4, 0.5) is 13.2 Å². The first-order valence-corrected chi connectivity index (χ1v) is 7.02. The minimum Gasteiger partial charge on any atom is -0.493 e. The Labute approximate surface area is 124 Å². The molecule has 0 saturated carbocycles. The van der Waals surface area contributed by atoms with Crippen LogP contribution in [0.1, 0.15) is 37.8 Å². The lowest BCUT2D eigenvalue weighted by molar-refractivity contribution is -0.139. The third kappa shape index (κ3) is 6.21. The topological polar surface area (TPSA) is 21.3 Å². The molecule has 0 saturated heterocycles. The van der Waals surface area contributed by atoms with Gasteiger partial charge in [-0.2, -0.15) is 13.2 Å². The molecule has 0 unspecified atom stereocenters. The molecule has 2 nitrogen and oxygen atoms in total. The van der Waals surface area contributed by atoms with Gasteiger partial charge in [0.1, 0.15) is 5.75 Å². The van der Waals surface area contributed by atoms with Crippen LogP contribution in [-0.2, 0) is 12.7 Å². The van der Waals surface area contributed by atoms with Gasteiger partial charge < -0.3 is 10.1 Å². The molecule has 1 N–H and O–H groups in total. The fourth-order valence-electron chi connectivity index (χ4n) is 1.78.